The highest BCUT2D eigenvalue weighted by Gasteiger charge is 2.33. The van der Waals surface area contributed by atoms with Gasteiger partial charge in [-0.25, -0.2) is 0 Å². The van der Waals surface area contributed by atoms with Gasteiger partial charge in [0.05, 0.1) is 4.90 Å². The largest absolute Gasteiger partial charge is 0.308 e. The molecule has 0 aromatic heterocycles. The molecular formula is C13H17NO6S. The van der Waals surface area contributed by atoms with Crippen LogP contribution in [0, 0.1) is 17.0 Å². The lowest BCUT2D eigenvalue weighted by atomic mass is 9.95. The van der Waals surface area contributed by atoms with Crippen molar-refractivity contribution in [2.24, 2.45) is 0 Å². The van der Waals surface area contributed by atoms with Crippen molar-refractivity contribution in [3.05, 3.63) is 39.9 Å². The summed E-state index contributed by atoms with van der Waals surface area (Å²) in [5.41, 5.74) is 0.932. The maximum atomic E-state index is 12.2. The number of hydrogen-bond acceptors (Lipinski definition) is 6. The molecule has 0 radical (unpaired) electrons. The Bertz CT molecular complexity index is 598. The molecule has 1 aliphatic carbocycles. The van der Waals surface area contributed by atoms with Crippen LogP contribution in [-0.4, -0.2) is 25.7 Å². The van der Waals surface area contributed by atoms with Crippen LogP contribution >= 0.6 is 0 Å². The molecule has 0 N–H and O–H groups in total. The Morgan fingerprint density at radius 2 is 1.71 bits per heavy atom. The summed E-state index contributed by atoms with van der Waals surface area (Å²) in [7, 11) is -3.95. The van der Waals surface area contributed by atoms with Gasteiger partial charge in [0, 0.05) is 0 Å². The van der Waals surface area contributed by atoms with Gasteiger partial charge >= 0.3 is 0 Å². The molecule has 8 heteroatoms. The molecule has 2 atom stereocenters. The Morgan fingerprint density at radius 3 is 2.29 bits per heavy atom. The summed E-state index contributed by atoms with van der Waals surface area (Å²) in [6.07, 6.45) is 0.678. The zero-order chi connectivity index (χ0) is 15.5. The van der Waals surface area contributed by atoms with Crippen molar-refractivity contribution in [1.82, 2.24) is 0 Å². The van der Waals surface area contributed by atoms with Gasteiger partial charge in [-0.1, -0.05) is 30.5 Å². The zero-order valence-corrected chi connectivity index (χ0v) is 12.4. The lowest BCUT2D eigenvalue weighted by Crippen LogP contribution is -2.37. The van der Waals surface area contributed by atoms with Gasteiger partial charge in [0.1, 0.15) is 12.2 Å². The normalized spacial score (nSPS) is 22.7. The van der Waals surface area contributed by atoms with Crippen LogP contribution in [0.15, 0.2) is 29.2 Å². The third-order valence-electron chi connectivity index (χ3n) is 3.42. The van der Waals surface area contributed by atoms with Gasteiger partial charge in [-0.05, 0) is 31.9 Å². The highest BCUT2D eigenvalue weighted by molar-refractivity contribution is 7.86. The molecule has 0 amide bonds. The molecule has 0 saturated heterocycles. The smallest absolute Gasteiger partial charge is 0.297 e. The van der Waals surface area contributed by atoms with Gasteiger partial charge in [0.15, 0.2) is 0 Å². The third kappa shape index (κ3) is 4.15. The minimum Gasteiger partial charge on any atom is -0.308 e. The number of aryl methyl sites for hydroxylation is 1. The number of benzene rings is 1. The maximum Gasteiger partial charge on any atom is 0.297 e. The molecule has 1 aromatic rings. The van der Waals surface area contributed by atoms with Crippen molar-refractivity contribution in [3.63, 3.8) is 0 Å². The van der Waals surface area contributed by atoms with Crippen LogP contribution in [0.1, 0.15) is 31.2 Å². The number of nitrogens with zero attached hydrogens (tertiary/aromatic N) is 1. The molecular weight excluding hydrogens is 298 g/mol. The van der Waals surface area contributed by atoms with E-state index >= 15 is 0 Å². The lowest BCUT2D eigenvalue weighted by molar-refractivity contribution is -0.771. The van der Waals surface area contributed by atoms with Crippen molar-refractivity contribution < 1.29 is 22.5 Å². The molecule has 0 unspecified atom stereocenters. The Labute approximate surface area is 123 Å². The van der Waals surface area contributed by atoms with E-state index in [2.05, 4.69) is 4.84 Å². The molecule has 0 bridgehead atoms. The molecule has 1 aliphatic rings. The van der Waals surface area contributed by atoms with E-state index < -0.39 is 27.4 Å². The fourth-order valence-electron chi connectivity index (χ4n) is 2.33. The van der Waals surface area contributed by atoms with E-state index in [0.717, 1.165) is 18.4 Å². The predicted octanol–water partition coefficient (Wildman–Crippen LogP) is 2.22. The second-order valence-electron chi connectivity index (χ2n) is 5.05. The number of rotatable bonds is 5. The predicted molar refractivity (Wildman–Crippen MR) is 73.6 cm³/mol. The molecule has 1 aromatic carbocycles. The Balaban J connectivity index is 2.13. The molecule has 116 valence electrons. The van der Waals surface area contributed by atoms with Crippen LogP contribution in [-0.2, 0) is 19.1 Å². The van der Waals surface area contributed by atoms with Gasteiger partial charge in [-0.2, -0.15) is 8.42 Å². The van der Waals surface area contributed by atoms with Crippen LogP contribution in [0.25, 0.3) is 0 Å². The van der Waals surface area contributed by atoms with Crippen molar-refractivity contribution in [1.29, 1.82) is 0 Å². The van der Waals surface area contributed by atoms with Gasteiger partial charge in [0.25, 0.3) is 15.2 Å². The Hall–Kier alpha value is -1.67. The summed E-state index contributed by atoms with van der Waals surface area (Å²) in [4.78, 5) is 15.0. The summed E-state index contributed by atoms with van der Waals surface area (Å²) in [6, 6.07) is 6.25. The molecule has 0 heterocycles. The quantitative estimate of drug-likeness (QED) is 0.469. The summed E-state index contributed by atoms with van der Waals surface area (Å²) in [5, 5.41) is 9.57. The van der Waals surface area contributed by atoms with Crippen molar-refractivity contribution in [3.8, 4) is 0 Å². The molecule has 0 spiro atoms. The van der Waals surface area contributed by atoms with Crippen molar-refractivity contribution >= 4 is 10.1 Å². The zero-order valence-electron chi connectivity index (χ0n) is 11.6. The molecule has 1 saturated carbocycles. The molecule has 0 aliphatic heterocycles. The summed E-state index contributed by atoms with van der Waals surface area (Å²) in [5.74, 6) is 0. The van der Waals surface area contributed by atoms with Gasteiger partial charge in [-0.3, -0.25) is 4.18 Å². The first kappa shape index (κ1) is 15.7. The van der Waals surface area contributed by atoms with Crippen LogP contribution in [0.2, 0.25) is 0 Å². The first-order valence-electron chi connectivity index (χ1n) is 6.69. The van der Waals surface area contributed by atoms with Crippen molar-refractivity contribution in [2.45, 2.75) is 49.7 Å². The van der Waals surface area contributed by atoms with Gasteiger partial charge < -0.3 is 4.84 Å². The lowest BCUT2D eigenvalue weighted by Gasteiger charge is -2.28. The topological polar surface area (TPSA) is 95.7 Å². The van der Waals surface area contributed by atoms with E-state index in [-0.39, 0.29) is 4.90 Å². The van der Waals surface area contributed by atoms with Gasteiger partial charge in [-0.15, -0.1) is 10.1 Å². The monoisotopic (exact) mass is 315 g/mol. The van der Waals surface area contributed by atoms with Gasteiger partial charge in [0.2, 0.25) is 0 Å². The van der Waals surface area contributed by atoms with E-state index in [4.69, 9.17) is 4.18 Å². The maximum absolute atomic E-state index is 12.2. The molecule has 21 heavy (non-hydrogen) atoms. The van der Waals surface area contributed by atoms with E-state index in [1.54, 1.807) is 12.1 Å². The second-order valence-corrected chi connectivity index (χ2v) is 6.63. The SMILES string of the molecule is Cc1ccc(S(=O)(=O)O[C@@H]2CCCC[C@@H]2O[N+](=O)[O-])cc1. The molecule has 1 fully saturated rings. The standard InChI is InChI=1S/C13H17NO6S/c1-10-6-8-11(9-7-10)21(17,18)20-13-5-3-2-4-12(13)19-14(15)16/h6-9,12-13H,2-5H2,1H3/t12-,13+/m0/s1. The summed E-state index contributed by atoms with van der Waals surface area (Å²) < 4.78 is 29.6. The average molecular weight is 315 g/mol. The molecule has 2 rings (SSSR count). The summed E-state index contributed by atoms with van der Waals surface area (Å²) in [6.45, 7) is 1.85. The van der Waals surface area contributed by atoms with Crippen LogP contribution in [0.4, 0.5) is 0 Å². The van der Waals surface area contributed by atoms with Crippen LogP contribution < -0.4 is 0 Å². The van der Waals surface area contributed by atoms with E-state index in [1.807, 2.05) is 6.92 Å². The Morgan fingerprint density at radius 1 is 1.14 bits per heavy atom. The van der Waals surface area contributed by atoms with Crippen LogP contribution in [0.3, 0.4) is 0 Å². The summed E-state index contributed by atoms with van der Waals surface area (Å²) >= 11 is 0. The van der Waals surface area contributed by atoms with E-state index in [0.29, 0.717) is 12.8 Å². The van der Waals surface area contributed by atoms with Crippen molar-refractivity contribution in [2.75, 3.05) is 0 Å². The van der Waals surface area contributed by atoms with E-state index in [1.165, 1.54) is 12.1 Å². The van der Waals surface area contributed by atoms with E-state index in [9.17, 15) is 18.5 Å². The number of hydrogen-bond donors (Lipinski definition) is 0. The Kier molecular flexibility index (Phi) is 4.79. The molecule has 7 nitrogen and oxygen atoms in total. The minimum absolute atomic E-state index is 0.0403. The van der Waals surface area contributed by atoms with Crippen LogP contribution in [0.5, 0.6) is 0 Å². The first-order chi connectivity index (χ1) is 9.88. The average Bonchev–Trinajstić information content (AvgIpc) is 2.40. The highest BCUT2D eigenvalue weighted by atomic mass is 32.2. The fourth-order valence-corrected chi connectivity index (χ4v) is 3.45. The highest BCUT2D eigenvalue weighted by Crippen LogP contribution is 2.27. The third-order valence-corrected chi connectivity index (χ3v) is 4.77. The first-order valence-corrected chi connectivity index (χ1v) is 8.10. The minimum atomic E-state index is -3.95. The second kappa shape index (κ2) is 6.40. The fraction of sp³-hybridized carbons (Fsp3) is 0.538.